The number of thiazole rings is 1. The number of benzene rings is 1. The number of sulfonamides is 1. The molecule has 0 radical (unpaired) electrons. The van der Waals surface area contributed by atoms with Crippen LogP contribution in [0.1, 0.15) is 22.5 Å². The quantitative estimate of drug-likeness (QED) is 0.820. The van der Waals surface area contributed by atoms with Crippen molar-refractivity contribution in [2.75, 3.05) is 6.26 Å². The topological polar surface area (TPSA) is 88.2 Å². The second-order valence-corrected chi connectivity index (χ2v) is 8.67. The van der Waals surface area contributed by atoms with Crippen LogP contribution in [0.2, 0.25) is 0 Å². The number of hydrogen-bond donors (Lipinski definition) is 2. The van der Waals surface area contributed by atoms with Gasteiger partial charge in [0.15, 0.2) is 0 Å². The summed E-state index contributed by atoms with van der Waals surface area (Å²) in [5, 5.41) is 2.84. The van der Waals surface area contributed by atoms with Crippen LogP contribution in [0, 0.1) is 11.6 Å². The zero-order valence-electron chi connectivity index (χ0n) is 13.1. The second-order valence-electron chi connectivity index (χ2n) is 5.86. The highest BCUT2D eigenvalue weighted by molar-refractivity contribution is 7.88. The summed E-state index contributed by atoms with van der Waals surface area (Å²) in [7, 11) is -3.27. The molecule has 1 aromatic heterocycles. The fourth-order valence-corrected chi connectivity index (χ4v) is 4.25. The molecule has 1 aliphatic carbocycles. The molecule has 10 heteroatoms. The van der Waals surface area contributed by atoms with E-state index in [0.717, 1.165) is 29.7 Å². The first-order valence-corrected chi connectivity index (χ1v) is 10.1. The van der Waals surface area contributed by atoms with Gasteiger partial charge in [-0.05, 0) is 25.0 Å². The van der Waals surface area contributed by atoms with Crippen LogP contribution in [0.3, 0.4) is 0 Å². The zero-order chi connectivity index (χ0) is 18.2. The third-order valence-electron chi connectivity index (χ3n) is 3.76. The molecule has 0 bridgehead atoms. The Morgan fingerprint density at radius 3 is 2.48 bits per heavy atom. The van der Waals surface area contributed by atoms with Crippen LogP contribution in [0.15, 0.2) is 24.4 Å². The van der Waals surface area contributed by atoms with E-state index in [9.17, 15) is 22.0 Å². The number of aromatic nitrogens is 1. The van der Waals surface area contributed by atoms with Crippen LogP contribution in [0.25, 0.3) is 10.6 Å². The molecule has 6 nitrogen and oxygen atoms in total. The Morgan fingerprint density at radius 1 is 1.24 bits per heavy atom. The van der Waals surface area contributed by atoms with Crippen LogP contribution in [-0.4, -0.2) is 37.6 Å². The lowest BCUT2D eigenvalue weighted by molar-refractivity contribution is 0.0911. The molecule has 1 heterocycles. The largest absolute Gasteiger partial charge is 0.348 e. The van der Waals surface area contributed by atoms with Crippen molar-refractivity contribution in [1.82, 2.24) is 15.0 Å². The molecule has 25 heavy (non-hydrogen) atoms. The van der Waals surface area contributed by atoms with Gasteiger partial charge in [-0.1, -0.05) is 6.07 Å². The van der Waals surface area contributed by atoms with Gasteiger partial charge in [-0.15, -0.1) is 11.3 Å². The molecular formula is C15H15F2N3O3S2. The Hall–Kier alpha value is -1.91. The number of amides is 1. The standard InChI is InChI=1S/C15H15F2N3O3S2/c1-25(22,23)20-9-5-8(6-9)19-14(21)12-7-18-15(24-12)13-10(16)3-2-4-11(13)17/h2-4,7-9,20H,5-6H2,1H3,(H,19,21). The van der Waals surface area contributed by atoms with E-state index >= 15 is 0 Å². The summed E-state index contributed by atoms with van der Waals surface area (Å²) in [6.07, 6.45) is 3.34. The molecule has 0 spiro atoms. The third kappa shape index (κ3) is 4.20. The van der Waals surface area contributed by atoms with Crippen molar-refractivity contribution in [2.45, 2.75) is 24.9 Å². The van der Waals surface area contributed by atoms with Crippen molar-refractivity contribution in [1.29, 1.82) is 0 Å². The number of carbonyl (C=O) groups excluding carboxylic acids is 1. The van der Waals surface area contributed by atoms with E-state index in [-0.39, 0.29) is 27.5 Å². The number of rotatable bonds is 5. The predicted octanol–water partition coefficient (Wildman–Crippen LogP) is 1.90. The minimum absolute atomic E-state index is 0.0889. The number of halogens is 2. The highest BCUT2D eigenvalue weighted by atomic mass is 32.2. The summed E-state index contributed by atoms with van der Waals surface area (Å²) in [6.45, 7) is 0. The summed E-state index contributed by atoms with van der Waals surface area (Å²) in [5.74, 6) is -1.88. The smallest absolute Gasteiger partial charge is 0.263 e. The van der Waals surface area contributed by atoms with Gasteiger partial charge in [-0.2, -0.15) is 0 Å². The summed E-state index contributed by atoms with van der Waals surface area (Å²) >= 11 is 0.895. The van der Waals surface area contributed by atoms with Gasteiger partial charge in [0.05, 0.1) is 18.0 Å². The van der Waals surface area contributed by atoms with E-state index in [1.165, 1.54) is 12.3 Å². The summed E-state index contributed by atoms with van der Waals surface area (Å²) in [4.78, 5) is 16.4. The first kappa shape index (κ1) is 17.9. The van der Waals surface area contributed by atoms with Gasteiger partial charge in [0.1, 0.15) is 21.5 Å². The van der Waals surface area contributed by atoms with Gasteiger partial charge in [0.25, 0.3) is 5.91 Å². The molecule has 134 valence electrons. The van der Waals surface area contributed by atoms with Crippen LogP contribution in [0.5, 0.6) is 0 Å². The van der Waals surface area contributed by atoms with Crippen LogP contribution in [-0.2, 0) is 10.0 Å². The molecule has 0 unspecified atom stereocenters. The summed E-state index contributed by atoms with van der Waals surface area (Å²) in [5.41, 5.74) is -0.257. The maximum atomic E-state index is 13.8. The molecule has 3 rings (SSSR count). The fourth-order valence-electron chi connectivity index (χ4n) is 2.59. The Bertz CT molecular complexity index is 888. The molecule has 0 saturated heterocycles. The monoisotopic (exact) mass is 387 g/mol. The van der Waals surface area contributed by atoms with Gasteiger partial charge in [-0.25, -0.2) is 26.9 Å². The van der Waals surface area contributed by atoms with Gasteiger partial charge >= 0.3 is 0 Å². The van der Waals surface area contributed by atoms with Gasteiger partial charge in [-0.3, -0.25) is 4.79 Å². The number of carbonyl (C=O) groups is 1. The van der Waals surface area contributed by atoms with Crippen molar-refractivity contribution < 1.29 is 22.0 Å². The first-order valence-electron chi connectivity index (χ1n) is 7.41. The number of nitrogens with one attached hydrogen (secondary N) is 2. The minimum Gasteiger partial charge on any atom is -0.348 e. The molecule has 1 saturated carbocycles. The lowest BCUT2D eigenvalue weighted by atomic mass is 9.87. The van der Waals surface area contributed by atoms with E-state index in [2.05, 4.69) is 15.0 Å². The Morgan fingerprint density at radius 2 is 1.88 bits per heavy atom. The third-order valence-corrected chi connectivity index (χ3v) is 5.54. The SMILES string of the molecule is CS(=O)(=O)NC1CC(NC(=O)c2cnc(-c3c(F)cccc3F)s2)C1. The summed E-state index contributed by atoms with van der Waals surface area (Å²) in [6, 6.07) is 3.17. The van der Waals surface area contributed by atoms with Crippen LogP contribution < -0.4 is 10.0 Å². The molecule has 0 aliphatic heterocycles. The molecule has 2 N–H and O–H groups in total. The Balaban J connectivity index is 1.63. The second kappa shape index (κ2) is 6.77. The average molecular weight is 387 g/mol. The van der Waals surface area contributed by atoms with E-state index in [4.69, 9.17) is 0 Å². The van der Waals surface area contributed by atoms with E-state index in [1.54, 1.807) is 0 Å². The fraction of sp³-hybridized carbons (Fsp3) is 0.333. The molecule has 1 fully saturated rings. The maximum absolute atomic E-state index is 13.8. The maximum Gasteiger partial charge on any atom is 0.263 e. The molecule has 1 amide bonds. The highest BCUT2D eigenvalue weighted by Gasteiger charge is 2.32. The minimum atomic E-state index is -3.27. The van der Waals surface area contributed by atoms with Crippen LogP contribution in [0.4, 0.5) is 8.78 Å². The lowest BCUT2D eigenvalue weighted by Crippen LogP contribution is -2.53. The molecule has 1 aromatic carbocycles. The molecule has 0 atom stereocenters. The molecular weight excluding hydrogens is 372 g/mol. The number of nitrogens with zero attached hydrogens (tertiary/aromatic N) is 1. The lowest BCUT2D eigenvalue weighted by Gasteiger charge is -2.35. The van der Waals surface area contributed by atoms with E-state index in [0.29, 0.717) is 12.8 Å². The van der Waals surface area contributed by atoms with Crippen molar-refractivity contribution in [3.63, 3.8) is 0 Å². The highest BCUT2D eigenvalue weighted by Crippen LogP contribution is 2.30. The van der Waals surface area contributed by atoms with Crippen molar-refractivity contribution in [2.24, 2.45) is 0 Å². The first-order chi connectivity index (χ1) is 11.7. The van der Waals surface area contributed by atoms with E-state index < -0.39 is 27.6 Å². The number of hydrogen-bond acceptors (Lipinski definition) is 5. The van der Waals surface area contributed by atoms with Crippen molar-refractivity contribution in [3.8, 4) is 10.6 Å². The van der Waals surface area contributed by atoms with Crippen molar-refractivity contribution >= 4 is 27.3 Å². The van der Waals surface area contributed by atoms with Crippen molar-refractivity contribution in [3.05, 3.63) is 40.9 Å². The molecule has 2 aromatic rings. The van der Waals surface area contributed by atoms with Crippen LogP contribution >= 0.6 is 11.3 Å². The Kier molecular flexibility index (Phi) is 4.85. The Labute approximate surface area is 147 Å². The molecule has 1 aliphatic rings. The van der Waals surface area contributed by atoms with Gasteiger partial charge in [0.2, 0.25) is 10.0 Å². The van der Waals surface area contributed by atoms with Gasteiger partial charge < -0.3 is 5.32 Å². The summed E-state index contributed by atoms with van der Waals surface area (Å²) < 4.78 is 52.2. The van der Waals surface area contributed by atoms with E-state index in [1.807, 2.05) is 0 Å². The van der Waals surface area contributed by atoms with Gasteiger partial charge in [0, 0.05) is 12.1 Å². The normalized spacial score (nSPS) is 20.1. The average Bonchev–Trinajstić information content (AvgIpc) is 2.93. The zero-order valence-corrected chi connectivity index (χ0v) is 14.8. The predicted molar refractivity (Wildman–Crippen MR) is 89.7 cm³/mol.